The van der Waals surface area contributed by atoms with Crippen molar-refractivity contribution in [2.24, 2.45) is 0 Å². The van der Waals surface area contributed by atoms with Gasteiger partial charge in [-0.1, -0.05) is 11.6 Å². The van der Waals surface area contributed by atoms with E-state index >= 15 is 0 Å². The van der Waals surface area contributed by atoms with Crippen molar-refractivity contribution in [2.45, 2.75) is 18.9 Å². The molecule has 1 saturated heterocycles. The second-order valence-corrected chi connectivity index (χ2v) is 4.11. The van der Waals surface area contributed by atoms with Crippen LogP contribution in [-0.4, -0.2) is 30.1 Å². The van der Waals surface area contributed by atoms with Gasteiger partial charge in [0.15, 0.2) is 0 Å². The van der Waals surface area contributed by atoms with E-state index in [0.717, 1.165) is 19.4 Å². The van der Waals surface area contributed by atoms with Gasteiger partial charge in [0.05, 0.1) is 16.7 Å². The van der Waals surface area contributed by atoms with Gasteiger partial charge in [-0.25, -0.2) is 0 Å². The quantitative estimate of drug-likeness (QED) is 0.874. The van der Waals surface area contributed by atoms with Gasteiger partial charge in [0, 0.05) is 25.5 Å². The molecule has 1 aliphatic heterocycles. The summed E-state index contributed by atoms with van der Waals surface area (Å²) in [7, 11) is 0. The summed E-state index contributed by atoms with van der Waals surface area (Å²) in [6.45, 7) is 1.33. The average Bonchev–Trinajstić information content (AvgIpc) is 2.79. The minimum atomic E-state index is -0.178. The Kier molecular flexibility index (Phi) is 3.74. The van der Waals surface area contributed by atoms with Crippen molar-refractivity contribution in [3.8, 4) is 0 Å². The lowest BCUT2D eigenvalue weighted by molar-refractivity contribution is 0.0858. The fourth-order valence-corrected chi connectivity index (χ4v) is 1.87. The van der Waals surface area contributed by atoms with Crippen molar-refractivity contribution in [1.82, 2.24) is 10.3 Å². The van der Waals surface area contributed by atoms with Gasteiger partial charge in [-0.2, -0.15) is 0 Å². The summed E-state index contributed by atoms with van der Waals surface area (Å²) in [4.78, 5) is 15.6. The maximum atomic E-state index is 11.7. The van der Waals surface area contributed by atoms with Crippen molar-refractivity contribution in [3.05, 3.63) is 29.0 Å². The standard InChI is InChI=1S/C11H13ClN2O2/c12-10-7-13-4-3-9(10)11(15)14-6-8-2-1-5-16-8/h3-4,7-8H,1-2,5-6H2,(H,14,15). The maximum Gasteiger partial charge on any atom is 0.252 e. The molecule has 4 nitrogen and oxygen atoms in total. The van der Waals surface area contributed by atoms with Crippen molar-refractivity contribution < 1.29 is 9.53 Å². The summed E-state index contributed by atoms with van der Waals surface area (Å²) in [6.07, 6.45) is 5.22. The molecule has 0 saturated carbocycles. The van der Waals surface area contributed by atoms with Crippen molar-refractivity contribution in [1.29, 1.82) is 0 Å². The Morgan fingerprint density at radius 1 is 1.69 bits per heavy atom. The summed E-state index contributed by atoms with van der Waals surface area (Å²) in [6, 6.07) is 1.60. The minimum absolute atomic E-state index is 0.143. The number of nitrogens with one attached hydrogen (secondary N) is 1. The normalized spacial score (nSPS) is 19.7. The molecule has 1 aliphatic rings. The van der Waals surface area contributed by atoms with Crippen molar-refractivity contribution >= 4 is 17.5 Å². The molecular weight excluding hydrogens is 228 g/mol. The fraction of sp³-hybridized carbons (Fsp3) is 0.455. The van der Waals surface area contributed by atoms with Gasteiger partial charge < -0.3 is 10.1 Å². The van der Waals surface area contributed by atoms with E-state index in [1.807, 2.05) is 0 Å². The fourth-order valence-electron chi connectivity index (χ4n) is 1.67. The number of hydrogen-bond donors (Lipinski definition) is 1. The maximum absolute atomic E-state index is 11.7. The van der Waals surface area contributed by atoms with Crippen LogP contribution in [0.4, 0.5) is 0 Å². The molecule has 86 valence electrons. The Morgan fingerprint density at radius 2 is 2.56 bits per heavy atom. The second-order valence-electron chi connectivity index (χ2n) is 3.70. The predicted molar refractivity (Wildman–Crippen MR) is 60.6 cm³/mol. The van der Waals surface area contributed by atoms with Crippen LogP contribution in [-0.2, 0) is 4.74 Å². The van der Waals surface area contributed by atoms with Gasteiger partial charge in [-0.05, 0) is 18.9 Å². The lowest BCUT2D eigenvalue weighted by Gasteiger charge is -2.11. The Hall–Kier alpha value is -1.13. The van der Waals surface area contributed by atoms with E-state index in [2.05, 4.69) is 10.3 Å². The number of aromatic nitrogens is 1. The molecular formula is C11H13ClN2O2. The lowest BCUT2D eigenvalue weighted by Crippen LogP contribution is -2.31. The first kappa shape index (κ1) is 11.4. The number of amides is 1. The van der Waals surface area contributed by atoms with Gasteiger partial charge in [-0.15, -0.1) is 0 Å². The molecule has 1 aromatic heterocycles. The highest BCUT2D eigenvalue weighted by molar-refractivity contribution is 6.33. The zero-order valence-electron chi connectivity index (χ0n) is 8.78. The smallest absolute Gasteiger partial charge is 0.252 e. The van der Waals surface area contributed by atoms with Crippen LogP contribution in [0.2, 0.25) is 5.02 Å². The third-order valence-corrected chi connectivity index (χ3v) is 2.83. The molecule has 0 bridgehead atoms. The molecule has 5 heteroatoms. The van der Waals surface area contributed by atoms with E-state index in [0.29, 0.717) is 17.1 Å². The number of nitrogens with zero attached hydrogens (tertiary/aromatic N) is 1. The highest BCUT2D eigenvalue weighted by Gasteiger charge is 2.17. The number of carbonyl (C=O) groups excluding carboxylic acids is 1. The molecule has 2 rings (SSSR count). The Bertz CT molecular complexity index is 378. The predicted octanol–water partition coefficient (Wildman–Crippen LogP) is 1.64. The monoisotopic (exact) mass is 240 g/mol. The summed E-state index contributed by atoms with van der Waals surface area (Å²) >= 11 is 5.86. The van der Waals surface area contributed by atoms with E-state index in [-0.39, 0.29) is 12.0 Å². The summed E-state index contributed by atoms with van der Waals surface area (Å²) < 4.78 is 5.41. The molecule has 16 heavy (non-hydrogen) atoms. The first-order valence-electron chi connectivity index (χ1n) is 5.26. The molecule has 1 atom stereocenters. The third kappa shape index (κ3) is 2.71. The highest BCUT2D eigenvalue weighted by Crippen LogP contribution is 2.14. The Morgan fingerprint density at radius 3 is 3.25 bits per heavy atom. The van der Waals surface area contributed by atoms with Gasteiger partial charge in [0.1, 0.15) is 0 Å². The minimum Gasteiger partial charge on any atom is -0.376 e. The average molecular weight is 241 g/mol. The van der Waals surface area contributed by atoms with Crippen LogP contribution in [0.25, 0.3) is 0 Å². The van der Waals surface area contributed by atoms with Crippen LogP contribution in [0.5, 0.6) is 0 Å². The summed E-state index contributed by atoms with van der Waals surface area (Å²) in [5.41, 5.74) is 0.453. The number of ether oxygens (including phenoxy) is 1. The van der Waals surface area contributed by atoms with Gasteiger partial charge in [-0.3, -0.25) is 9.78 Å². The van der Waals surface area contributed by atoms with Crippen LogP contribution >= 0.6 is 11.6 Å². The first-order chi connectivity index (χ1) is 7.77. The van der Waals surface area contributed by atoms with Crippen LogP contribution in [0.15, 0.2) is 18.5 Å². The topological polar surface area (TPSA) is 51.2 Å². The summed E-state index contributed by atoms with van der Waals surface area (Å²) in [5.74, 6) is -0.178. The molecule has 2 heterocycles. The number of carbonyl (C=O) groups is 1. The zero-order chi connectivity index (χ0) is 11.4. The molecule has 0 spiro atoms. The van der Waals surface area contributed by atoms with Crippen LogP contribution in [0, 0.1) is 0 Å². The molecule has 0 radical (unpaired) electrons. The van der Waals surface area contributed by atoms with E-state index < -0.39 is 0 Å². The largest absolute Gasteiger partial charge is 0.376 e. The van der Waals surface area contributed by atoms with Crippen LogP contribution in [0.1, 0.15) is 23.2 Å². The van der Waals surface area contributed by atoms with E-state index in [9.17, 15) is 4.79 Å². The molecule has 1 unspecified atom stereocenters. The molecule has 1 amide bonds. The first-order valence-corrected chi connectivity index (χ1v) is 5.64. The zero-order valence-corrected chi connectivity index (χ0v) is 9.54. The Labute approximate surface area is 99.0 Å². The highest BCUT2D eigenvalue weighted by atomic mass is 35.5. The van der Waals surface area contributed by atoms with Gasteiger partial charge in [0.25, 0.3) is 5.91 Å². The molecule has 1 aromatic rings. The number of halogens is 1. The van der Waals surface area contributed by atoms with Crippen molar-refractivity contribution in [2.75, 3.05) is 13.2 Å². The number of rotatable bonds is 3. The van der Waals surface area contributed by atoms with E-state index in [1.54, 1.807) is 12.3 Å². The van der Waals surface area contributed by atoms with Crippen molar-refractivity contribution in [3.63, 3.8) is 0 Å². The van der Waals surface area contributed by atoms with E-state index in [1.165, 1.54) is 6.20 Å². The second kappa shape index (κ2) is 5.27. The molecule has 1 N–H and O–H groups in total. The number of pyridine rings is 1. The van der Waals surface area contributed by atoms with Crippen LogP contribution in [0.3, 0.4) is 0 Å². The third-order valence-electron chi connectivity index (χ3n) is 2.53. The molecule has 0 aliphatic carbocycles. The molecule has 1 fully saturated rings. The van der Waals surface area contributed by atoms with Gasteiger partial charge >= 0.3 is 0 Å². The Balaban J connectivity index is 1.90. The lowest BCUT2D eigenvalue weighted by atomic mass is 10.2. The number of hydrogen-bond acceptors (Lipinski definition) is 3. The van der Waals surface area contributed by atoms with E-state index in [4.69, 9.17) is 16.3 Å². The molecule has 0 aromatic carbocycles. The van der Waals surface area contributed by atoms with Gasteiger partial charge in [0.2, 0.25) is 0 Å². The van der Waals surface area contributed by atoms with Crippen LogP contribution < -0.4 is 5.32 Å². The summed E-state index contributed by atoms with van der Waals surface area (Å²) in [5, 5.41) is 3.17. The SMILES string of the molecule is O=C(NCC1CCCO1)c1ccncc1Cl.